The summed E-state index contributed by atoms with van der Waals surface area (Å²) in [6.45, 7) is 2.13. The number of hydrogen-bond donors (Lipinski definition) is 1. The molecule has 92 valence electrons. The maximum atomic E-state index is 5.34. The van der Waals surface area contributed by atoms with Crippen molar-refractivity contribution in [3.8, 4) is 0 Å². The fourth-order valence-electron chi connectivity index (χ4n) is 1.93. The molecule has 0 aliphatic carbocycles. The number of nitrogens with zero attached hydrogens (tertiary/aromatic N) is 1. The number of hydrogen-bond acceptors (Lipinski definition) is 4. The van der Waals surface area contributed by atoms with E-state index >= 15 is 0 Å². The maximum Gasteiger partial charge on any atom is 0.184 e. The normalized spacial score (nSPS) is 12.7. The molecule has 18 heavy (non-hydrogen) atoms. The molecule has 0 saturated heterocycles. The number of thiazole rings is 1. The largest absolute Gasteiger partial charge is 0.469 e. The molecule has 1 aromatic carbocycles. The fraction of sp³-hybridized carbons (Fsp3) is 0.214. The van der Waals surface area contributed by atoms with Gasteiger partial charge < -0.3 is 9.73 Å². The average molecular weight is 258 g/mol. The van der Waals surface area contributed by atoms with Crippen LogP contribution in [0.5, 0.6) is 0 Å². The lowest BCUT2D eigenvalue weighted by Crippen LogP contribution is -2.17. The first kappa shape index (κ1) is 11.3. The molecule has 2 aromatic heterocycles. The van der Waals surface area contributed by atoms with Crippen LogP contribution in [-0.2, 0) is 6.42 Å². The number of nitrogens with one attached hydrogen (secondary N) is 1. The van der Waals surface area contributed by atoms with Crippen molar-refractivity contribution in [2.45, 2.75) is 19.4 Å². The predicted octanol–water partition coefficient (Wildman–Crippen LogP) is 3.93. The van der Waals surface area contributed by atoms with Gasteiger partial charge in [-0.2, -0.15) is 0 Å². The van der Waals surface area contributed by atoms with Crippen LogP contribution in [0, 0.1) is 0 Å². The Morgan fingerprint density at radius 2 is 2.17 bits per heavy atom. The molecular weight excluding hydrogens is 244 g/mol. The zero-order chi connectivity index (χ0) is 12.4. The highest BCUT2D eigenvalue weighted by Gasteiger charge is 2.08. The van der Waals surface area contributed by atoms with Crippen LogP contribution in [0.2, 0.25) is 0 Å². The van der Waals surface area contributed by atoms with Crippen molar-refractivity contribution in [3.63, 3.8) is 0 Å². The molecule has 0 bridgehead atoms. The molecule has 1 unspecified atom stereocenters. The van der Waals surface area contributed by atoms with Gasteiger partial charge in [-0.15, -0.1) is 0 Å². The summed E-state index contributed by atoms with van der Waals surface area (Å²) in [4.78, 5) is 4.56. The van der Waals surface area contributed by atoms with E-state index in [9.17, 15) is 0 Å². The first-order valence-corrected chi connectivity index (χ1v) is 6.77. The molecule has 3 nitrogen and oxygen atoms in total. The molecule has 0 amide bonds. The Hall–Kier alpha value is -1.81. The van der Waals surface area contributed by atoms with E-state index in [1.54, 1.807) is 17.6 Å². The summed E-state index contributed by atoms with van der Waals surface area (Å²) in [6, 6.07) is 12.4. The molecule has 0 radical (unpaired) electrons. The molecule has 1 atom stereocenters. The van der Waals surface area contributed by atoms with Gasteiger partial charge in [0.1, 0.15) is 5.76 Å². The maximum absolute atomic E-state index is 5.34. The second-order valence-electron chi connectivity index (χ2n) is 4.32. The SMILES string of the molecule is CC(Cc1ccco1)Nc1nc2ccccc2s1. The lowest BCUT2D eigenvalue weighted by atomic mass is 10.2. The Morgan fingerprint density at radius 1 is 1.28 bits per heavy atom. The second-order valence-corrected chi connectivity index (χ2v) is 5.35. The number of fused-ring (bicyclic) bond motifs is 1. The van der Waals surface area contributed by atoms with Crippen LogP contribution in [-0.4, -0.2) is 11.0 Å². The zero-order valence-corrected chi connectivity index (χ0v) is 10.9. The number of benzene rings is 1. The Labute approximate surface area is 109 Å². The third-order valence-corrected chi connectivity index (χ3v) is 3.72. The summed E-state index contributed by atoms with van der Waals surface area (Å²) in [5.41, 5.74) is 1.05. The van der Waals surface area contributed by atoms with E-state index in [1.807, 2.05) is 30.3 Å². The monoisotopic (exact) mass is 258 g/mol. The van der Waals surface area contributed by atoms with Gasteiger partial charge in [-0.05, 0) is 31.2 Å². The van der Waals surface area contributed by atoms with Crippen LogP contribution >= 0.6 is 11.3 Å². The van der Waals surface area contributed by atoms with Gasteiger partial charge >= 0.3 is 0 Å². The van der Waals surface area contributed by atoms with Gasteiger partial charge in [-0.1, -0.05) is 23.5 Å². The lowest BCUT2D eigenvalue weighted by Gasteiger charge is -2.10. The Morgan fingerprint density at radius 3 is 2.94 bits per heavy atom. The summed E-state index contributed by atoms with van der Waals surface area (Å²) in [7, 11) is 0. The third kappa shape index (κ3) is 2.38. The average Bonchev–Trinajstić information content (AvgIpc) is 2.96. The molecule has 2 heterocycles. The standard InChI is InChI=1S/C14H14N2OS/c1-10(9-11-5-4-8-17-11)15-14-16-12-6-2-3-7-13(12)18-14/h2-8,10H,9H2,1H3,(H,15,16). The van der Waals surface area contributed by atoms with Crippen molar-refractivity contribution in [1.29, 1.82) is 0 Å². The van der Waals surface area contributed by atoms with E-state index in [0.717, 1.165) is 22.8 Å². The zero-order valence-electron chi connectivity index (χ0n) is 10.1. The summed E-state index contributed by atoms with van der Waals surface area (Å²) in [5, 5.41) is 4.38. The van der Waals surface area contributed by atoms with Crippen LogP contribution in [0.25, 0.3) is 10.2 Å². The molecule has 0 spiro atoms. The van der Waals surface area contributed by atoms with E-state index in [0.29, 0.717) is 6.04 Å². The first-order chi connectivity index (χ1) is 8.81. The summed E-state index contributed by atoms with van der Waals surface area (Å²) < 4.78 is 6.56. The molecule has 4 heteroatoms. The molecule has 0 aliphatic rings. The van der Waals surface area contributed by atoms with Gasteiger partial charge in [0.05, 0.1) is 16.5 Å². The minimum atomic E-state index is 0.303. The number of rotatable bonds is 4. The number of aromatic nitrogens is 1. The van der Waals surface area contributed by atoms with Crippen LogP contribution in [0.4, 0.5) is 5.13 Å². The molecule has 0 aliphatic heterocycles. The van der Waals surface area contributed by atoms with E-state index in [4.69, 9.17) is 4.42 Å². The van der Waals surface area contributed by atoms with Crippen molar-refractivity contribution in [2.24, 2.45) is 0 Å². The number of furan rings is 1. The van der Waals surface area contributed by atoms with Crippen LogP contribution in [0.1, 0.15) is 12.7 Å². The fourth-order valence-corrected chi connectivity index (χ4v) is 2.90. The molecule has 3 aromatic rings. The topological polar surface area (TPSA) is 38.1 Å². The molecular formula is C14H14N2OS. The number of anilines is 1. The van der Waals surface area contributed by atoms with Gasteiger partial charge in [0.25, 0.3) is 0 Å². The minimum Gasteiger partial charge on any atom is -0.469 e. The molecule has 0 fully saturated rings. The van der Waals surface area contributed by atoms with E-state index in [2.05, 4.69) is 23.3 Å². The third-order valence-electron chi connectivity index (χ3n) is 2.75. The van der Waals surface area contributed by atoms with E-state index < -0.39 is 0 Å². The van der Waals surface area contributed by atoms with Gasteiger partial charge in [0.2, 0.25) is 0 Å². The highest BCUT2D eigenvalue weighted by Crippen LogP contribution is 2.26. The van der Waals surface area contributed by atoms with Gasteiger partial charge in [-0.3, -0.25) is 0 Å². The Bertz CT molecular complexity index is 597. The molecule has 3 rings (SSSR count). The second kappa shape index (κ2) is 4.82. The van der Waals surface area contributed by atoms with Crippen molar-refractivity contribution < 1.29 is 4.42 Å². The van der Waals surface area contributed by atoms with Crippen molar-refractivity contribution in [3.05, 3.63) is 48.4 Å². The van der Waals surface area contributed by atoms with Gasteiger partial charge in [0, 0.05) is 12.5 Å². The Kier molecular flexibility index (Phi) is 3.02. The van der Waals surface area contributed by atoms with Crippen LogP contribution in [0.15, 0.2) is 47.1 Å². The molecule has 1 N–H and O–H groups in total. The minimum absolute atomic E-state index is 0.303. The van der Waals surface area contributed by atoms with Crippen molar-refractivity contribution in [2.75, 3.05) is 5.32 Å². The highest BCUT2D eigenvalue weighted by molar-refractivity contribution is 7.22. The van der Waals surface area contributed by atoms with E-state index in [-0.39, 0.29) is 0 Å². The van der Waals surface area contributed by atoms with Crippen molar-refractivity contribution >= 4 is 26.7 Å². The van der Waals surface area contributed by atoms with Gasteiger partial charge in [0.15, 0.2) is 5.13 Å². The van der Waals surface area contributed by atoms with Crippen molar-refractivity contribution in [1.82, 2.24) is 4.98 Å². The van der Waals surface area contributed by atoms with Gasteiger partial charge in [-0.25, -0.2) is 4.98 Å². The number of para-hydroxylation sites is 1. The summed E-state index contributed by atoms with van der Waals surface area (Å²) in [6.07, 6.45) is 2.57. The first-order valence-electron chi connectivity index (χ1n) is 5.96. The van der Waals surface area contributed by atoms with Crippen LogP contribution < -0.4 is 5.32 Å². The quantitative estimate of drug-likeness (QED) is 0.770. The van der Waals surface area contributed by atoms with Crippen LogP contribution in [0.3, 0.4) is 0 Å². The Balaban J connectivity index is 1.71. The molecule has 0 saturated carbocycles. The lowest BCUT2D eigenvalue weighted by molar-refractivity contribution is 0.498. The van der Waals surface area contributed by atoms with E-state index in [1.165, 1.54) is 4.70 Å². The summed E-state index contributed by atoms with van der Waals surface area (Å²) >= 11 is 1.69. The summed E-state index contributed by atoms with van der Waals surface area (Å²) in [5.74, 6) is 0.996. The smallest absolute Gasteiger partial charge is 0.184 e. The highest BCUT2D eigenvalue weighted by atomic mass is 32.1. The predicted molar refractivity (Wildman–Crippen MR) is 75.1 cm³/mol.